The van der Waals surface area contributed by atoms with E-state index in [-0.39, 0.29) is 0 Å². The second-order valence-electron chi connectivity index (χ2n) is 6.09. The Morgan fingerprint density at radius 3 is 2.76 bits per heavy atom. The molecule has 0 saturated carbocycles. The van der Waals surface area contributed by atoms with Crippen LogP contribution in [0.4, 0.5) is 0 Å². The van der Waals surface area contributed by atoms with Crippen LogP contribution in [0.2, 0.25) is 0 Å². The third-order valence-corrected chi connectivity index (χ3v) is 5.19. The van der Waals surface area contributed by atoms with E-state index >= 15 is 0 Å². The normalized spacial score (nSPS) is 20.9. The predicted molar refractivity (Wildman–Crippen MR) is 87.8 cm³/mol. The van der Waals surface area contributed by atoms with Gasteiger partial charge in [-0.05, 0) is 38.8 Å². The summed E-state index contributed by atoms with van der Waals surface area (Å²) in [7, 11) is 2.11. The van der Waals surface area contributed by atoms with Crippen LogP contribution in [0.5, 0.6) is 0 Å². The minimum Gasteiger partial charge on any atom is -0.356 e. The molecule has 1 saturated heterocycles. The number of nitrogens with one attached hydrogen (secondary N) is 1. The van der Waals surface area contributed by atoms with Gasteiger partial charge in [-0.15, -0.1) is 11.3 Å². The van der Waals surface area contributed by atoms with Crippen LogP contribution >= 0.6 is 11.3 Å². The van der Waals surface area contributed by atoms with Crippen LogP contribution in [-0.4, -0.2) is 60.5 Å². The van der Waals surface area contributed by atoms with Crippen LogP contribution in [-0.2, 0) is 6.54 Å². The maximum absolute atomic E-state index is 4.56. The average molecular weight is 307 g/mol. The van der Waals surface area contributed by atoms with E-state index in [1.807, 2.05) is 0 Å². The lowest BCUT2D eigenvalue weighted by Gasteiger charge is -2.32. The topological polar surface area (TPSA) is 43.8 Å². The van der Waals surface area contributed by atoms with E-state index in [1.165, 1.54) is 36.6 Å². The maximum atomic E-state index is 4.56. The molecule has 3 rings (SSSR count). The number of aryl methyl sites for hydroxylation is 1. The summed E-state index contributed by atoms with van der Waals surface area (Å²) in [6.07, 6.45) is 2.54. The molecule has 6 heteroatoms. The van der Waals surface area contributed by atoms with E-state index in [4.69, 9.17) is 0 Å². The van der Waals surface area contributed by atoms with Gasteiger partial charge in [-0.3, -0.25) is 9.89 Å². The van der Waals surface area contributed by atoms with Gasteiger partial charge in [0.15, 0.2) is 5.96 Å². The van der Waals surface area contributed by atoms with Crippen LogP contribution < -0.4 is 5.32 Å². The summed E-state index contributed by atoms with van der Waals surface area (Å²) in [6, 6.07) is 0. The molecule has 1 aromatic rings. The first-order valence-electron chi connectivity index (χ1n) is 7.83. The van der Waals surface area contributed by atoms with Crippen molar-refractivity contribution in [2.45, 2.75) is 26.3 Å². The number of rotatable bonds is 4. The molecule has 0 spiro atoms. The molecule has 21 heavy (non-hydrogen) atoms. The highest BCUT2D eigenvalue weighted by molar-refractivity contribution is 7.09. The van der Waals surface area contributed by atoms with Gasteiger partial charge in [0.25, 0.3) is 0 Å². The average Bonchev–Trinajstić information content (AvgIpc) is 3.07. The van der Waals surface area contributed by atoms with E-state index in [9.17, 15) is 0 Å². The SMILES string of the molecule is Cc1nc(CN2CCC(CNC3=NCCN3C)CC2)cs1. The van der Waals surface area contributed by atoms with Crippen molar-refractivity contribution < 1.29 is 0 Å². The standard InChI is InChI=1S/C15H25N5S/c1-12-18-14(11-21-12)10-20-6-3-13(4-7-20)9-17-15-16-5-8-19(15)2/h11,13H,3-10H2,1-2H3,(H,16,17). The summed E-state index contributed by atoms with van der Waals surface area (Å²) in [4.78, 5) is 13.8. The lowest BCUT2D eigenvalue weighted by Crippen LogP contribution is -2.41. The number of hydrogen-bond acceptors (Lipinski definition) is 6. The third-order valence-electron chi connectivity index (χ3n) is 4.37. The van der Waals surface area contributed by atoms with Crippen molar-refractivity contribution >= 4 is 17.3 Å². The fraction of sp³-hybridized carbons (Fsp3) is 0.733. The second-order valence-corrected chi connectivity index (χ2v) is 7.15. The predicted octanol–water partition coefficient (Wildman–Crippen LogP) is 1.55. The molecular weight excluding hydrogens is 282 g/mol. The highest BCUT2D eigenvalue weighted by Gasteiger charge is 2.21. The Kier molecular flexibility index (Phi) is 4.75. The summed E-state index contributed by atoms with van der Waals surface area (Å²) >= 11 is 1.75. The Balaban J connectivity index is 1.39. The molecular formula is C15H25N5S. The molecule has 0 bridgehead atoms. The number of guanidine groups is 1. The summed E-state index contributed by atoms with van der Waals surface area (Å²) in [5.41, 5.74) is 1.23. The molecule has 1 fully saturated rings. The largest absolute Gasteiger partial charge is 0.356 e. The summed E-state index contributed by atoms with van der Waals surface area (Å²) in [5, 5.41) is 6.88. The van der Waals surface area contributed by atoms with Gasteiger partial charge in [0.1, 0.15) is 0 Å². The molecule has 0 amide bonds. The number of nitrogens with zero attached hydrogens (tertiary/aromatic N) is 4. The zero-order chi connectivity index (χ0) is 14.7. The number of aromatic nitrogens is 1. The molecule has 0 aliphatic carbocycles. The Morgan fingerprint density at radius 1 is 1.33 bits per heavy atom. The first-order chi connectivity index (χ1) is 10.2. The van der Waals surface area contributed by atoms with Crippen molar-refractivity contribution in [2.75, 3.05) is 39.8 Å². The molecule has 0 unspecified atom stereocenters. The van der Waals surface area contributed by atoms with Crippen LogP contribution in [0.3, 0.4) is 0 Å². The molecule has 2 aliphatic heterocycles. The molecule has 116 valence electrons. The van der Waals surface area contributed by atoms with Crippen molar-refractivity contribution in [3.63, 3.8) is 0 Å². The highest BCUT2D eigenvalue weighted by atomic mass is 32.1. The Bertz CT molecular complexity index is 490. The van der Waals surface area contributed by atoms with E-state index in [0.717, 1.165) is 38.1 Å². The maximum Gasteiger partial charge on any atom is 0.193 e. The third kappa shape index (κ3) is 3.95. The highest BCUT2D eigenvalue weighted by Crippen LogP contribution is 2.19. The van der Waals surface area contributed by atoms with E-state index < -0.39 is 0 Å². The number of thiazole rings is 1. The monoisotopic (exact) mass is 307 g/mol. The smallest absolute Gasteiger partial charge is 0.193 e. The van der Waals surface area contributed by atoms with E-state index in [0.29, 0.717) is 0 Å². The number of likely N-dealkylation sites (N-methyl/N-ethyl adjacent to an activating group) is 1. The zero-order valence-corrected chi connectivity index (χ0v) is 13.8. The second kappa shape index (κ2) is 6.75. The van der Waals surface area contributed by atoms with Gasteiger partial charge in [-0.25, -0.2) is 4.98 Å². The van der Waals surface area contributed by atoms with Gasteiger partial charge in [0.05, 0.1) is 17.2 Å². The van der Waals surface area contributed by atoms with Gasteiger partial charge in [0.2, 0.25) is 0 Å². The molecule has 2 aliphatic rings. The molecule has 0 atom stereocenters. The minimum absolute atomic E-state index is 0.773. The molecule has 5 nitrogen and oxygen atoms in total. The molecule has 1 N–H and O–H groups in total. The molecule has 0 radical (unpaired) electrons. The van der Waals surface area contributed by atoms with E-state index in [1.54, 1.807) is 11.3 Å². The van der Waals surface area contributed by atoms with Gasteiger partial charge in [-0.2, -0.15) is 0 Å². The van der Waals surface area contributed by atoms with Crippen molar-refractivity contribution in [1.82, 2.24) is 20.1 Å². The molecule has 0 aromatic carbocycles. The van der Waals surface area contributed by atoms with E-state index in [2.05, 4.69) is 44.4 Å². The van der Waals surface area contributed by atoms with Gasteiger partial charge < -0.3 is 10.2 Å². The van der Waals surface area contributed by atoms with Crippen LogP contribution in [0, 0.1) is 12.8 Å². The first kappa shape index (κ1) is 14.8. The zero-order valence-electron chi connectivity index (χ0n) is 13.0. The summed E-state index contributed by atoms with van der Waals surface area (Å²) in [5.74, 6) is 1.85. The quantitative estimate of drug-likeness (QED) is 0.917. The lowest BCUT2D eigenvalue weighted by atomic mass is 9.97. The minimum atomic E-state index is 0.773. The van der Waals surface area contributed by atoms with Crippen molar-refractivity contribution in [3.8, 4) is 0 Å². The Hall–Kier alpha value is -1.14. The van der Waals surface area contributed by atoms with Crippen molar-refractivity contribution in [2.24, 2.45) is 10.9 Å². The summed E-state index contributed by atoms with van der Waals surface area (Å²) < 4.78 is 0. The fourth-order valence-electron chi connectivity index (χ4n) is 3.02. The Morgan fingerprint density at radius 2 is 2.14 bits per heavy atom. The lowest BCUT2D eigenvalue weighted by molar-refractivity contribution is 0.176. The number of piperidine rings is 1. The molecule has 1 aromatic heterocycles. The summed E-state index contributed by atoms with van der Waals surface area (Å²) in [6.45, 7) is 8.51. The van der Waals surface area contributed by atoms with Crippen molar-refractivity contribution in [1.29, 1.82) is 0 Å². The van der Waals surface area contributed by atoms with Gasteiger partial charge in [-0.1, -0.05) is 0 Å². The van der Waals surface area contributed by atoms with Crippen LogP contribution in [0.1, 0.15) is 23.5 Å². The van der Waals surface area contributed by atoms with Crippen LogP contribution in [0.25, 0.3) is 0 Å². The van der Waals surface area contributed by atoms with Crippen molar-refractivity contribution in [3.05, 3.63) is 16.1 Å². The molecule has 3 heterocycles. The Labute approximate surface area is 131 Å². The number of likely N-dealkylation sites (tertiary alicyclic amines) is 1. The number of hydrogen-bond donors (Lipinski definition) is 1. The number of aliphatic imine (C=N–C) groups is 1. The fourth-order valence-corrected chi connectivity index (χ4v) is 3.62. The van der Waals surface area contributed by atoms with Gasteiger partial charge >= 0.3 is 0 Å². The van der Waals surface area contributed by atoms with Crippen LogP contribution in [0.15, 0.2) is 10.4 Å². The first-order valence-corrected chi connectivity index (χ1v) is 8.71. The van der Waals surface area contributed by atoms with Gasteiger partial charge in [0, 0.05) is 32.1 Å².